The van der Waals surface area contributed by atoms with Gasteiger partial charge in [0, 0.05) is 23.9 Å². The van der Waals surface area contributed by atoms with Crippen LogP contribution in [-0.2, 0) is 16.0 Å². The van der Waals surface area contributed by atoms with E-state index in [1.807, 2.05) is 18.2 Å². The van der Waals surface area contributed by atoms with Gasteiger partial charge in [-0.3, -0.25) is 9.59 Å². The van der Waals surface area contributed by atoms with Gasteiger partial charge in [0.25, 0.3) is 0 Å². The van der Waals surface area contributed by atoms with E-state index in [0.29, 0.717) is 6.42 Å². The van der Waals surface area contributed by atoms with Gasteiger partial charge in [-0.1, -0.05) is 29.4 Å². The zero-order valence-electron chi connectivity index (χ0n) is 16.3. The smallest absolute Gasteiger partial charge is 0.248 e. The van der Waals surface area contributed by atoms with E-state index >= 15 is 0 Å². The van der Waals surface area contributed by atoms with Crippen molar-refractivity contribution >= 4 is 23.2 Å². The molecule has 2 N–H and O–H groups in total. The Morgan fingerprint density at radius 3 is 2.79 bits per heavy atom. The fraction of sp³-hybridized carbons (Fsp3) is 0.417. The third-order valence-corrected chi connectivity index (χ3v) is 5.95. The van der Waals surface area contributed by atoms with Crippen LogP contribution < -0.4 is 10.6 Å². The summed E-state index contributed by atoms with van der Waals surface area (Å²) in [7, 11) is 0. The predicted octanol–water partition coefficient (Wildman–Crippen LogP) is 5.29. The SMILES string of the molecule is O=C(C=C1CCC(CC2=CCCC=C2)CC1)Nc1ccc2c(c1)CCC(=O)N2. The second-order valence-corrected chi connectivity index (χ2v) is 8.12. The molecule has 2 amide bonds. The molecule has 3 aliphatic rings. The fourth-order valence-corrected chi connectivity index (χ4v) is 4.37. The average molecular weight is 377 g/mol. The monoisotopic (exact) mass is 376 g/mol. The first-order valence-electron chi connectivity index (χ1n) is 10.4. The second-order valence-electron chi connectivity index (χ2n) is 8.12. The summed E-state index contributed by atoms with van der Waals surface area (Å²) < 4.78 is 0. The molecule has 0 unspecified atom stereocenters. The molecule has 0 spiro atoms. The van der Waals surface area contributed by atoms with Gasteiger partial charge in [0.2, 0.25) is 11.8 Å². The van der Waals surface area contributed by atoms with Crippen LogP contribution in [0.25, 0.3) is 0 Å². The third kappa shape index (κ3) is 4.80. The number of benzene rings is 1. The van der Waals surface area contributed by atoms with Crippen molar-refractivity contribution in [2.75, 3.05) is 10.6 Å². The molecule has 0 atom stereocenters. The molecule has 4 rings (SSSR count). The summed E-state index contributed by atoms with van der Waals surface area (Å²) in [6.45, 7) is 0. The van der Waals surface area contributed by atoms with E-state index in [4.69, 9.17) is 0 Å². The van der Waals surface area contributed by atoms with Gasteiger partial charge in [0.05, 0.1) is 0 Å². The molecule has 2 aliphatic carbocycles. The number of amides is 2. The summed E-state index contributed by atoms with van der Waals surface area (Å²) in [5, 5.41) is 5.85. The van der Waals surface area contributed by atoms with Crippen LogP contribution >= 0.6 is 0 Å². The number of rotatable bonds is 4. The molecular formula is C24H28N2O2. The van der Waals surface area contributed by atoms with Crippen LogP contribution in [0.3, 0.4) is 0 Å². The summed E-state index contributed by atoms with van der Waals surface area (Å²) >= 11 is 0. The summed E-state index contributed by atoms with van der Waals surface area (Å²) in [6, 6.07) is 5.69. The van der Waals surface area contributed by atoms with Crippen molar-refractivity contribution < 1.29 is 9.59 Å². The number of carbonyl (C=O) groups excluding carboxylic acids is 2. The lowest BCUT2D eigenvalue weighted by Gasteiger charge is -2.25. The van der Waals surface area contributed by atoms with E-state index in [-0.39, 0.29) is 11.8 Å². The van der Waals surface area contributed by atoms with Crippen molar-refractivity contribution in [1.29, 1.82) is 0 Å². The summed E-state index contributed by atoms with van der Waals surface area (Å²) in [5.74, 6) is 0.747. The highest BCUT2D eigenvalue weighted by atomic mass is 16.2. The maximum atomic E-state index is 12.4. The summed E-state index contributed by atoms with van der Waals surface area (Å²) in [6.07, 6.45) is 17.9. The molecule has 1 fully saturated rings. The van der Waals surface area contributed by atoms with Gasteiger partial charge < -0.3 is 10.6 Å². The van der Waals surface area contributed by atoms with Crippen molar-refractivity contribution in [2.45, 2.75) is 57.8 Å². The lowest BCUT2D eigenvalue weighted by Crippen LogP contribution is -2.19. The van der Waals surface area contributed by atoms with Crippen LogP contribution in [0.1, 0.15) is 56.9 Å². The zero-order valence-corrected chi connectivity index (χ0v) is 16.3. The molecule has 1 aromatic rings. The Morgan fingerprint density at radius 1 is 1.14 bits per heavy atom. The predicted molar refractivity (Wildman–Crippen MR) is 113 cm³/mol. The van der Waals surface area contributed by atoms with E-state index in [0.717, 1.165) is 42.1 Å². The maximum absolute atomic E-state index is 12.4. The standard InChI is InChI=1S/C24H28N2O2/c27-23-13-10-20-16-21(11-12-22(20)26-23)25-24(28)15-19-8-6-18(7-9-19)14-17-4-2-1-3-5-17/h2,4-5,11-12,15-16,18H,1,3,6-10,13-14H2,(H,25,28)(H,26,27). The molecule has 4 heteroatoms. The number of fused-ring (bicyclic) bond motifs is 1. The topological polar surface area (TPSA) is 58.2 Å². The highest BCUT2D eigenvalue weighted by Crippen LogP contribution is 2.33. The zero-order chi connectivity index (χ0) is 19.3. The third-order valence-electron chi connectivity index (χ3n) is 5.95. The Bertz CT molecular complexity index is 853. The Hall–Kier alpha value is -2.62. The van der Waals surface area contributed by atoms with E-state index in [1.54, 1.807) is 6.08 Å². The summed E-state index contributed by atoms with van der Waals surface area (Å²) in [5.41, 5.74) is 5.48. The van der Waals surface area contributed by atoms with Gasteiger partial charge in [0.15, 0.2) is 0 Å². The average Bonchev–Trinajstić information content (AvgIpc) is 2.70. The fourth-order valence-electron chi connectivity index (χ4n) is 4.37. The van der Waals surface area contributed by atoms with Crippen molar-refractivity contribution in [3.63, 3.8) is 0 Å². The normalized spacial score (nSPS) is 21.4. The number of aryl methyl sites for hydroxylation is 1. The van der Waals surface area contributed by atoms with E-state index in [9.17, 15) is 9.59 Å². The molecular weight excluding hydrogens is 348 g/mol. The molecule has 28 heavy (non-hydrogen) atoms. The molecule has 0 radical (unpaired) electrons. The van der Waals surface area contributed by atoms with E-state index in [1.165, 1.54) is 43.3 Å². The van der Waals surface area contributed by atoms with Gasteiger partial charge in [-0.15, -0.1) is 0 Å². The highest BCUT2D eigenvalue weighted by Gasteiger charge is 2.19. The molecule has 0 saturated heterocycles. The minimum Gasteiger partial charge on any atom is -0.326 e. The molecule has 0 bridgehead atoms. The molecule has 0 aromatic heterocycles. The highest BCUT2D eigenvalue weighted by molar-refractivity contribution is 6.00. The quantitative estimate of drug-likeness (QED) is 0.701. The van der Waals surface area contributed by atoms with Crippen molar-refractivity contribution in [3.05, 3.63) is 59.2 Å². The Kier molecular flexibility index (Phi) is 5.75. The molecule has 146 valence electrons. The van der Waals surface area contributed by atoms with Crippen molar-refractivity contribution in [1.82, 2.24) is 0 Å². The van der Waals surface area contributed by atoms with E-state index in [2.05, 4.69) is 28.9 Å². The second kappa shape index (κ2) is 8.59. The Labute approximate surface area is 166 Å². The van der Waals surface area contributed by atoms with Crippen LogP contribution in [0, 0.1) is 5.92 Å². The van der Waals surface area contributed by atoms with Gasteiger partial charge in [-0.05, 0) is 81.0 Å². The lowest BCUT2D eigenvalue weighted by atomic mass is 9.81. The van der Waals surface area contributed by atoms with Gasteiger partial charge >= 0.3 is 0 Å². The van der Waals surface area contributed by atoms with Crippen LogP contribution in [0.2, 0.25) is 0 Å². The van der Waals surface area contributed by atoms with Gasteiger partial charge in [-0.2, -0.15) is 0 Å². The largest absolute Gasteiger partial charge is 0.326 e. The first kappa shape index (κ1) is 18.7. The number of hydrogen-bond donors (Lipinski definition) is 2. The molecule has 1 aromatic carbocycles. The molecule has 4 nitrogen and oxygen atoms in total. The maximum Gasteiger partial charge on any atom is 0.248 e. The first-order chi connectivity index (χ1) is 13.7. The minimum atomic E-state index is -0.0498. The lowest BCUT2D eigenvalue weighted by molar-refractivity contribution is -0.116. The van der Waals surface area contributed by atoms with Crippen LogP contribution in [0.15, 0.2) is 53.6 Å². The van der Waals surface area contributed by atoms with Crippen LogP contribution in [0.4, 0.5) is 11.4 Å². The van der Waals surface area contributed by atoms with Crippen LogP contribution in [-0.4, -0.2) is 11.8 Å². The number of allylic oxidation sites excluding steroid dienone is 5. The Balaban J connectivity index is 1.29. The van der Waals surface area contributed by atoms with Crippen molar-refractivity contribution in [3.8, 4) is 0 Å². The van der Waals surface area contributed by atoms with E-state index < -0.39 is 0 Å². The van der Waals surface area contributed by atoms with Crippen LogP contribution in [0.5, 0.6) is 0 Å². The number of anilines is 2. The summed E-state index contributed by atoms with van der Waals surface area (Å²) in [4.78, 5) is 23.9. The van der Waals surface area contributed by atoms with Crippen molar-refractivity contribution in [2.24, 2.45) is 5.92 Å². The Morgan fingerprint density at radius 2 is 2.00 bits per heavy atom. The number of carbonyl (C=O) groups is 2. The van der Waals surface area contributed by atoms with Gasteiger partial charge in [0.1, 0.15) is 0 Å². The molecule has 1 aliphatic heterocycles. The first-order valence-corrected chi connectivity index (χ1v) is 10.4. The number of nitrogens with one attached hydrogen (secondary N) is 2. The van der Waals surface area contributed by atoms with Gasteiger partial charge in [-0.25, -0.2) is 0 Å². The minimum absolute atomic E-state index is 0.0498. The molecule has 1 heterocycles. The number of hydrogen-bond acceptors (Lipinski definition) is 2. The molecule has 1 saturated carbocycles.